The Hall–Kier alpha value is -2.75. The van der Waals surface area contributed by atoms with Gasteiger partial charge in [0, 0.05) is 0 Å². The first-order valence-corrected chi connectivity index (χ1v) is 7.20. The van der Waals surface area contributed by atoms with Crippen molar-refractivity contribution in [1.82, 2.24) is 5.32 Å². The Morgan fingerprint density at radius 1 is 1.52 bits per heavy atom. The minimum Gasteiger partial charge on any atom is -0.468 e. The molecule has 2 N–H and O–H groups in total. The average molecular weight is 336 g/mol. The number of nitrogens with one attached hydrogen (secondary N) is 2. The lowest BCUT2D eigenvalue weighted by molar-refractivity contribution is -0.139. The maximum Gasteiger partial charge on any atom is 0.318 e. The predicted molar refractivity (Wildman–Crippen MR) is 82.8 cm³/mol. The summed E-state index contributed by atoms with van der Waals surface area (Å²) in [7, 11) is 1.24. The SMILES string of the molecule is COC(=O)C(C)SC1=NC(=N)C(=NC(=O)c2ccco2)C(=O)N1. The average Bonchev–Trinajstić information content (AvgIpc) is 3.04. The predicted octanol–water partition coefficient (Wildman–Crippen LogP) is 0.619. The van der Waals surface area contributed by atoms with Crippen LogP contribution in [0.3, 0.4) is 0 Å². The van der Waals surface area contributed by atoms with Gasteiger partial charge in [0.15, 0.2) is 22.5 Å². The van der Waals surface area contributed by atoms with Gasteiger partial charge in [0.2, 0.25) is 0 Å². The lowest BCUT2D eigenvalue weighted by Crippen LogP contribution is -2.44. The molecule has 10 heteroatoms. The first-order chi connectivity index (χ1) is 10.9. The molecule has 0 radical (unpaired) electrons. The molecule has 0 fully saturated rings. The highest BCUT2D eigenvalue weighted by Gasteiger charge is 2.28. The van der Waals surface area contributed by atoms with Crippen LogP contribution in [0.1, 0.15) is 17.5 Å². The van der Waals surface area contributed by atoms with Crippen molar-refractivity contribution in [3.05, 3.63) is 24.2 Å². The van der Waals surface area contributed by atoms with E-state index in [0.29, 0.717) is 0 Å². The van der Waals surface area contributed by atoms with E-state index in [2.05, 4.69) is 20.0 Å². The highest BCUT2D eigenvalue weighted by atomic mass is 32.2. The van der Waals surface area contributed by atoms with Gasteiger partial charge in [0.05, 0.1) is 13.4 Å². The standard InChI is InChI=1S/C13H12N4O5S/c1-6(12(20)21-2)23-13-16-9(14)8(11(19)17-13)15-10(18)7-4-3-5-22-7/h3-6H,1-2H3,(H2,14,16,17,19). The molecule has 0 aromatic carbocycles. The molecule has 120 valence electrons. The normalized spacial score (nSPS) is 17.5. The molecule has 0 bridgehead atoms. The van der Waals surface area contributed by atoms with Gasteiger partial charge >= 0.3 is 11.9 Å². The summed E-state index contributed by atoms with van der Waals surface area (Å²) in [5, 5.41) is 9.54. The van der Waals surface area contributed by atoms with Crippen LogP contribution in [0.5, 0.6) is 0 Å². The molecule has 2 heterocycles. The second kappa shape index (κ2) is 7.01. The largest absolute Gasteiger partial charge is 0.468 e. The fourth-order valence-electron chi connectivity index (χ4n) is 1.54. The zero-order valence-electron chi connectivity index (χ0n) is 12.2. The van der Waals surface area contributed by atoms with Crippen molar-refractivity contribution in [2.45, 2.75) is 12.2 Å². The molecule has 1 aliphatic heterocycles. The summed E-state index contributed by atoms with van der Waals surface area (Å²) < 4.78 is 9.43. The number of esters is 1. The Balaban J connectivity index is 2.15. The summed E-state index contributed by atoms with van der Waals surface area (Å²) >= 11 is 0.924. The van der Waals surface area contributed by atoms with E-state index in [1.807, 2.05) is 0 Å². The molecular weight excluding hydrogens is 324 g/mol. The first kappa shape index (κ1) is 16.6. The van der Waals surface area contributed by atoms with Crippen LogP contribution in [0.4, 0.5) is 0 Å². The van der Waals surface area contributed by atoms with Crippen molar-refractivity contribution in [1.29, 1.82) is 5.41 Å². The van der Waals surface area contributed by atoms with Gasteiger partial charge in [-0.15, -0.1) is 0 Å². The summed E-state index contributed by atoms with van der Waals surface area (Å²) in [4.78, 5) is 42.5. The number of methoxy groups -OCH3 is 1. The lowest BCUT2D eigenvalue weighted by atomic mass is 10.3. The molecule has 2 rings (SSSR count). The minimum absolute atomic E-state index is 0.0541. The van der Waals surface area contributed by atoms with E-state index >= 15 is 0 Å². The molecule has 0 spiro atoms. The zero-order chi connectivity index (χ0) is 17.0. The van der Waals surface area contributed by atoms with Crippen LogP contribution in [-0.2, 0) is 14.3 Å². The van der Waals surface area contributed by atoms with Crippen LogP contribution in [-0.4, -0.2) is 46.9 Å². The molecule has 0 saturated carbocycles. The Kier molecular flexibility index (Phi) is 5.06. The molecule has 1 aromatic rings. The highest BCUT2D eigenvalue weighted by molar-refractivity contribution is 8.15. The molecule has 0 aliphatic carbocycles. The molecule has 23 heavy (non-hydrogen) atoms. The van der Waals surface area contributed by atoms with Crippen LogP contribution in [0.25, 0.3) is 0 Å². The van der Waals surface area contributed by atoms with Gasteiger partial charge in [-0.1, -0.05) is 11.8 Å². The number of rotatable bonds is 3. The van der Waals surface area contributed by atoms with E-state index in [4.69, 9.17) is 9.83 Å². The third-order valence-corrected chi connectivity index (χ3v) is 3.60. The first-order valence-electron chi connectivity index (χ1n) is 6.32. The van der Waals surface area contributed by atoms with Gasteiger partial charge < -0.3 is 9.15 Å². The van der Waals surface area contributed by atoms with E-state index < -0.39 is 34.6 Å². The zero-order valence-corrected chi connectivity index (χ0v) is 13.0. The summed E-state index contributed by atoms with van der Waals surface area (Å²) in [6.07, 6.45) is 1.29. The smallest absolute Gasteiger partial charge is 0.318 e. The van der Waals surface area contributed by atoms with Crippen molar-refractivity contribution in [2.75, 3.05) is 7.11 Å². The van der Waals surface area contributed by atoms with Crippen molar-refractivity contribution in [2.24, 2.45) is 9.98 Å². The number of ether oxygens (including phenoxy) is 1. The van der Waals surface area contributed by atoms with Gasteiger partial charge in [-0.25, -0.2) is 4.99 Å². The Labute approximate surface area is 134 Å². The molecule has 1 unspecified atom stereocenters. The molecule has 0 saturated heterocycles. The number of carbonyl (C=O) groups excluding carboxylic acids is 3. The van der Waals surface area contributed by atoms with Gasteiger partial charge in [0.1, 0.15) is 5.25 Å². The quantitative estimate of drug-likeness (QED) is 0.777. The van der Waals surface area contributed by atoms with Crippen LogP contribution < -0.4 is 5.32 Å². The minimum atomic E-state index is -0.792. The Morgan fingerprint density at radius 3 is 2.83 bits per heavy atom. The summed E-state index contributed by atoms with van der Waals surface area (Å²) in [6.45, 7) is 1.57. The van der Waals surface area contributed by atoms with Gasteiger partial charge in [-0.2, -0.15) is 4.99 Å². The summed E-state index contributed by atoms with van der Waals surface area (Å²) in [5.74, 6) is -2.58. The van der Waals surface area contributed by atoms with Gasteiger partial charge in [-0.3, -0.25) is 25.1 Å². The maximum absolute atomic E-state index is 12.0. The molecule has 2 amide bonds. The lowest BCUT2D eigenvalue weighted by Gasteiger charge is -2.16. The molecule has 1 atom stereocenters. The molecule has 9 nitrogen and oxygen atoms in total. The Bertz CT molecular complexity index is 723. The fraction of sp³-hybridized carbons (Fsp3) is 0.231. The molecule has 1 aromatic heterocycles. The second-order valence-electron chi connectivity index (χ2n) is 4.25. The third kappa shape index (κ3) is 3.92. The number of hydrogen-bond donors (Lipinski definition) is 2. The molecular formula is C13H12N4O5S. The number of furan rings is 1. The van der Waals surface area contributed by atoms with Crippen molar-refractivity contribution >= 4 is 46.3 Å². The molecule has 1 aliphatic rings. The summed E-state index contributed by atoms with van der Waals surface area (Å²) in [6, 6.07) is 2.89. The van der Waals surface area contributed by atoms with E-state index in [1.54, 1.807) is 6.92 Å². The van der Waals surface area contributed by atoms with Crippen molar-refractivity contribution < 1.29 is 23.5 Å². The van der Waals surface area contributed by atoms with Crippen molar-refractivity contribution in [3.8, 4) is 0 Å². The maximum atomic E-state index is 12.0. The number of thioether (sulfide) groups is 1. The number of nitrogens with zero attached hydrogens (tertiary/aromatic N) is 2. The van der Waals surface area contributed by atoms with Crippen LogP contribution in [0.15, 0.2) is 32.8 Å². The van der Waals surface area contributed by atoms with E-state index in [-0.39, 0.29) is 10.9 Å². The number of amides is 2. The van der Waals surface area contributed by atoms with Crippen LogP contribution >= 0.6 is 11.8 Å². The van der Waals surface area contributed by atoms with Crippen LogP contribution in [0.2, 0.25) is 0 Å². The number of aliphatic imine (C=N–C) groups is 2. The van der Waals surface area contributed by atoms with Gasteiger partial charge in [-0.05, 0) is 19.1 Å². The number of amidine groups is 2. The highest BCUT2D eigenvalue weighted by Crippen LogP contribution is 2.15. The topological polar surface area (TPSA) is 134 Å². The second-order valence-corrected chi connectivity index (χ2v) is 5.58. The summed E-state index contributed by atoms with van der Waals surface area (Å²) in [5.41, 5.74) is -0.429. The fourth-order valence-corrected chi connectivity index (χ4v) is 2.37. The third-order valence-electron chi connectivity index (χ3n) is 2.64. The number of hydrogen-bond acceptors (Lipinski definition) is 7. The van der Waals surface area contributed by atoms with Crippen LogP contribution in [0, 0.1) is 5.41 Å². The van der Waals surface area contributed by atoms with E-state index in [0.717, 1.165) is 11.8 Å². The van der Waals surface area contributed by atoms with E-state index in [1.165, 1.54) is 25.5 Å². The number of carbonyl (C=O) groups is 3. The van der Waals surface area contributed by atoms with E-state index in [9.17, 15) is 14.4 Å². The van der Waals surface area contributed by atoms with Gasteiger partial charge in [0.25, 0.3) is 5.91 Å². The Morgan fingerprint density at radius 2 is 2.26 bits per heavy atom. The monoisotopic (exact) mass is 336 g/mol. The van der Waals surface area contributed by atoms with Crippen molar-refractivity contribution in [3.63, 3.8) is 0 Å².